The van der Waals surface area contributed by atoms with Crippen LogP contribution in [0.4, 0.5) is 0 Å². The zero-order valence-corrected chi connectivity index (χ0v) is 12.7. The summed E-state index contributed by atoms with van der Waals surface area (Å²) in [4.78, 5) is 31.7. The maximum Gasteiger partial charge on any atom is 0.270 e. The highest BCUT2D eigenvalue weighted by Gasteiger charge is 2.10. The summed E-state index contributed by atoms with van der Waals surface area (Å²) >= 11 is 1.42. The van der Waals surface area contributed by atoms with Crippen molar-refractivity contribution in [3.63, 3.8) is 0 Å². The number of aromatic nitrogens is 2. The van der Waals surface area contributed by atoms with Crippen molar-refractivity contribution in [1.82, 2.24) is 20.6 Å². The van der Waals surface area contributed by atoms with Gasteiger partial charge in [0.1, 0.15) is 5.69 Å². The van der Waals surface area contributed by atoms with Crippen LogP contribution in [0.3, 0.4) is 0 Å². The van der Waals surface area contributed by atoms with Crippen LogP contribution >= 0.6 is 11.3 Å². The first-order chi connectivity index (χ1) is 10.7. The van der Waals surface area contributed by atoms with E-state index in [1.54, 1.807) is 23.7 Å². The van der Waals surface area contributed by atoms with Crippen LogP contribution in [0, 0.1) is 0 Å². The predicted octanol–water partition coefficient (Wildman–Crippen LogP) is 0.199. The second kappa shape index (κ2) is 8.20. The lowest BCUT2D eigenvalue weighted by Gasteiger charge is -2.05. The molecule has 2 aromatic heterocycles. The summed E-state index contributed by atoms with van der Waals surface area (Å²) in [5.74, 6) is -0.476. The summed E-state index contributed by atoms with van der Waals surface area (Å²) in [5.41, 5.74) is 6.31. The molecule has 7 nitrogen and oxygen atoms in total. The number of hydrogen-bond acceptors (Lipinski definition) is 6. The van der Waals surface area contributed by atoms with E-state index in [-0.39, 0.29) is 11.8 Å². The minimum Gasteiger partial charge on any atom is -0.350 e. The average molecular weight is 319 g/mol. The molecule has 116 valence electrons. The first-order valence-corrected chi connectivity index (χ1v) is 7.69. The molecule has 0 radical (unpaired) electrons. The van der Waals surface area contributed by atoms with E-state index in [2.05, 4.69) is 20.6 Å². The fourth-order valence-corrected chi connectivity index (χ4v) is 2.49. The zero-order chi connectivity index (χ0) is 15.8. The molecule has 22 heavy (non-hydrogen) atoms. The van der Waals surface area contributed by atoms with Gasteiger partial charge in [-0.3, -0.25) is 14.6 Å². The molecule has 0 bridgehead atoms. The summed E-state index contributed by atoms with van der Waals surface area (Å²) in [5, 5.41) is 7.96. The van der Waals surface area contributed by atoms with Crippen LogP contribution < -0.4 is 16.4 Å². The van der Waals surface area contributed by atoms with Gasteiger partial charge >= 0.3 is 0 Å². The van der Waals surface area contributed by atoms with Crippen molar-refractivity contribution in [2.75, 3.05) is 19.6 Å². The van der Waals surface area contributed by atoms with Gasteiger partial charge in [0.05, 0.1) is 10.6 Å². The molecule has 0 saturated heterocycles. The third kappa shape index (κ3) is 4.61. The number of amides is 2. The normalized spacial score (nSPS) is 10.2. The highest BCUT2D eigenvalue weighted by atomic mass is 32.1. The summed E-state index contributed by atoms with van der Waals surface area (Å²) in [6.07, 6.45) is 3.76. The standard InChI is InChI=1S/C14H17N5O2S/c15-4-3-12-19-11(9-22-12)14(21)18-7-6-17-13(20)10-2-1-5-16-8-10/h1-2,5,8-9H,3-4,6-7,15H2,(H,17,20)(H,18,21). The Kier molecular flexibility index (Phi) is 5.99. The van der Waals surface area contributed by atoms with Gasteiger partial charge in [0, 0.05) is 37.3 Å². The van der Waals surface area contributed by atoms with E-state index < -0.39 is 0 Å². The minimum atomic E-state index is -0.254. The third-order valence-corrected chi connectivity index (χ3v) is 3.67. The second-order valence-electron chi connectivity index (χ2n) is 4.42. The predicted molar refractivity (Wildman–Crippen MR) is 83.8 cm³/mol. The van der Waals surface area contributed by atoms with E-state index in [1.807, 2.05) is 0 Å². The van der Waals surface area contributed by atoms with Gasteiger partial charge < -0.3 is 16.4 Å². The smallest absolute Gasteiger partial charge is 0.270 e. The van der Waals surface area contributed by atoms with Gasteiger partial charge in [-0.25, -0.2) is 4.98 Å². The number of nitrogens with two attached hydrogens (primary N) is 1. The first-order valence-electron chi connectivity index (χ1n) is 6.81. The molecule has 8 heteroatoms. The first kappa shape index (κ1) is 16.1. The Morgan fingerprint density at radius 2 is 2.00 bits per heavy atom. The number of rotatable bonds is 7. The molecule has 0 atom stereocenters. The molecule has 0 aliphatic heterocycles. The van der Waals surface area contributed by atoms with E-state index >= 15 is 0 Å². The number of thiazole rings is 1. The van der Waals surface area contributed by atoms with Gasteiger partial charge in [-0.15, -0.1) is 11.3 Å². The minimum absolute atomic E-state index is 0.221. The van der Waals surface area contributed by atoms with E-state index in [9.17, 15) is 9.59 Å². The van der Waals surface area contributed by atoms with E-state index in [0.717, 1.165) is 5.01 Å². The molecule has 2 amide bonds. The molecule has 4 N–H and O–H groups in total. The molecule has 2 rings (SSSR count). The van der Waals surface area contributed by atoms with Crippen molar-refractivity contribution in [1.29, 1.82) is 0 Å². The van der Waals surface area contributed by atoms with Crippen molar-refractivity contribution in [3.8, 4) is 0 Å². The molecule has 0 fully saturated rings. The Morgan fingerprint density at radius 3 is 2.68 bits per heavy atom. The molecule has 0 aromatic carbocycles. The number of carbonyl (C=O) groups excluding carboxylic acids is 2. The molecule has 0 aliphatic carbocycles. The van der Waals surface area contributed by atoms with Crippen LogP contribution in [0.5, 0.6) is 0 Å². The molecule has 2 aromatic rings. The average Bonchev–Trinajstić information content (AvgIpc) is 3.01. The van der Waals surface area contributed by atoms with Gasteiger partial charge in [-0.2, -0.15) is 0 Å². The fourth-order valence-electron chi connectivity index (χ4n) is 1.70. The monoisotopic (exact) mass is 319 g/mol. The number of carbonyl (C=O) groups is 2. The highest BCUT2D eigenvalue weighted by molar-refractivity contribution is 7.09. The number of hydrogen-bond donors (Lipinski definition) is 3. The number of pyridine rings is 1. The fraction of sp³-hybridized carbons (Fsp3) is 0.286. The SMILES string of the molecule is NCCc1nc(C(=O)NCCNC(=O)c2cccnc2)cs1. The molecule has 2 heterocycles. The summed E-state index contributed by atoms with van der Waals surface area (Å²) in [6.45, 7) is 1.17. The van der Waals surface area contributed by atoms with Crippen molar-refractivity contribution in [3.05, 3.63) is 46.2 Å². The Bertz CT molecular complexity index is 629. The van der Waals surface area contributed by atoms with E-state index in [0.29, 0.717) is 37.3 Å². The Labute approximate surface area is 132 Å². The lowest BCUT2D eigenvalue weighted by atomic mass is 10.3. The molecular weight excluding hydrogens is 302 g/mol. The van der Waals surface area contributed by atoms with Gasteiger partial charge in [-0.05, 0) is 18.7 Å². The Hall–Kier alpha value is -2.32. The topological polar surface area (TPSA) is 110 Å². The second-order valence-corrected chi connectivity index (χ2v) is 5.36. The van der Waals surface area contributed by atoms with Crippen LogP contribution in [0.2, 0.25) is 0 Å². The molecular formula is C14H17N5O2S. The van der Waals surface area contributed by atoms with Gasteiger partial charge in [-0.1, -0.05) is 0 Å². The van der Waals surface area contributed by atoms with Crippen LogP contribution in [0.1, 0.15) is 25.9 Å². The van der Waals surface area contributed by atoms with Crippen molar-refractivity contribution >= 4 is 23.2 Å². The molecule has 0 saturated carbocycles. The largest absolute Gasteiger partial charge is 0.350 e. The number of nitrogens with one attached hydrogen (secondary N) is 2. The third-order valence-electron chi connectivity index (χ3n) is 2.76. The van der Waals surface area contributed by atoms with E-state index in [1.165, 1.54) is 17.5 Å². The van der Waals surface area contributed by atoms with Crippen LogP contribution in [0.25, 0.3) is 0 Å². The Morgan fingerprint density at radius 1 is 1.23 bits per heavy atom. The van der Waals surface area contributed by atoms with Crippen molar-refractivity contribution in [2.24, 2.45) is 5.73 Å². The van der Waals surface area contributed by atoms with Crippen LogP contribution in [-0.2, 0) is 6.42 Å². The van der Waals surface area contributed by atoms with Gasteiger partial charge in [0.15, 0.2) is 0 Å². The number of nitrogens with zero attached hydrogens (tertiary/aromatic N) is 2. The van der Waals surface area contributed by atoms with Crippen molar-refractivity contribution in [2.45, 2.75) is 6.42 Å². The highest BCUT2D eigenvalue weighted by Crippen LogP contribution is 2.09. The molecule has 0 unspecified atom stereocenters. The zero-order valence-electron chi connectivity index (χ0n) is 11.9. The lowest BCUT2D eigenvalue weighted by Crippen LogP contribution is -2.34. The maximum absolute atomic E-state index is 11.9. The van der Waals surface area contributed by atoms with Crippen LogP contribution in [-0.4, -0.2) is 41.4 Å². The molecule has 0 spiro atoms. The lowest BCUT2D eigenvalue weighted by molar-refractivity contribution is 0.0925. The van der Waals surface area contributed by atoms with Crippen LogP contribution in [0.15, 0.2) is 29.9 Å². The Balaban J connectivity index is 1.71. The van der Waals surface area contributed by atoms with Gasteiger partial charge in [0.25, 0.3) is 11.8 Å². The summed E-state index contributed by atoms with van der Waals surface area (Å²) < 4.78 is 0. The molecule has 0 aliphatic rings. The summed E-state index contributed by atoms with van der Waals surface area (Å²) in [7, 11) is 0. The van der Waals surface area contributed by atoms with E-state index in [4.69, 9.17) is 5.73 Å². The summed E-state index contributed by atoms with van der Waals surface area (Å²) in [6, 6.07) is 3.37. The van der Waals surface area contributed by atoms with Gasteiger partial charge in [0.2, 0.25) is 0 Å². The maximum atomic E-state index is 11.9. The van der Waals surface area contributed by atoms with Crippen molar-refractivity contribution < 1.29 is 9.59 Å². The quantitative estimate of drug-likeness (QED) is 0.632.